The van der Waals surface area contributed by atoms with Crippen molar-refractivity contribution in [2.75, 3.05) is 6.61 Å². The average molecular weight is 345 g/mol. The van der Waals surface area contributed by atoms with Gasteiger partial charge in [0.05, 0.1) is 24.4 Å². The van der Waals surface area contributed by atoms with Crippen molar-refractivity contribution in [3.63, 3.8) is 0 Å². The second-order valence-electron chi connectivity index (χ2n) is 6.15. The first-order valence-corrected chi connectivity index (χ1v) is 8.69. The number of aryl methyl sites for hydroxylation is 3. The Labute approximate surface area is 148 Å². The van der Waals surface area contributed by atoms with Crippen LogP contribution in [0.5, 0.6) is 0 Å². The van der Waals surface area contributed by atoms with Crippen LogP contribution in [0.25, 0.3) is 0 Å². The van der Waals surface area contributed by atoms with Gasteiger partial charge in [0.25, 0.3) is 0 Å². The van der Waals surface area contributed by atoms with E-state index in [0.29, 0.717) is 12.2 Å². The summed E-state index contributed by atoms with van der Waals surface area (Å²) >= 11 is 0. The highest BCUT2D eigenvalue weighted by Crippen LogP contribution is 2.24. The van der Waals surface area contributed by atoms with Gasteiger partial charge in [-0.15, -0.1) is 0 Å². The molecule has 1 heterocycles. The van der Waals surface area contributed by atoms with E-state index in [1.165, 1.54) is 5.56 Å². The van der Waals surface area contributed by atoms with E-state index in [2.05, 4.69) is 22.7 Å². The summed E-state index contributed by atoms with van der Waals surface area (Å²) in [6.45, 7) is 7.61. The van der Waals surface area contributed by atoms with Crippen molar-refractivity contribution in [3.05, 3.63) is 52.4 Å². The van der Waals surface area contributed by atoms with Crippen molar-refractivity contribution in [2.24, 2.45) is 0 Å². The molecule has 1 aromatic carbocycles. The number of aromatic nitrogens is 1. The van der Waals surface area contributed by atoms with E-state index in [1.807, 2.05) is 45.0 Å². The Morgan fingerprint density at radius 2 is 1.80 bits per heavy atom. The van der Waals surface area contributed by atoms with Crippen LogP contribution in [0.3, 0.4) is 0 Å². The number of nitrogens with one attached hydrogen (secondary N) is 2. The molecule has 6 heteroatoms. The Morgan fingerprint density at radius 1 is 1.16 bits per heavy atom. The smallest absolute Gasteiger partial charge is 0.315 e. The molecule has 0 saturated heterocycles. The molecule has 25 heavy (non-hydrogen) atoms. The standard InChI is InChI=1S/C19H27N3O3/c1-5-14-7-9-15(10-8-14)17(11-23)21-19(24)20-16(6-2)18-12(3)22-25-13(18)4/h7-10,16-17,23H,5-6,11H2,1-4H3,(H2,20,21,24). The van der Waals surface area contributed by atoms with E-state index in [1.54, 1.807) is 0 Å². The van der Waals surface area contributed by atoms with Crippen LogP contribution in [0.2, 0.25) is 0 Å². The molecule has 0 bridgehead atoms. The minimum absolute atomic E-state index is 0.166. The number of aliphatic hydroxyl groups excluding tert-OH is 1. The largest absolute Gasteiger partial charge is 0.394 e. The van der Waals surface area contributed by atoms with Crippen LogP contribution in [0.4, 0.5) is 4.79 Å². The highest BCUT2D eigenvalue weighted by Gasteiger charge is 2.22. The van der Waals surface area contributed by atoms with Crippen LogP contribution >= 0.6 is 0 Å². The lowest BCUT2D eigenvalue weighted by atomic mass is 10.0. The first kappa shape index (κ1) is 19.0. The van der Waals surface area contributed by atoms with E-state index in [9.17, 15) is 9.90 Å². The Kier molecular flexibility index (Phi) is 6.58. The molecule has 3 N–H and O–H groups in total. The van der Waals surface area contributed by atoms with Crippen molar-refractivity contribution >= 4 is 6.03 Å². The molecule has 0 aliphatic heterocycles. The lowest BCUT2D eigenvalue weighted by Gasteiger charge is -2.21. The van der Waals surface area contributed by atoms with E-state index in [4.69, 9.17) is 4.52 Å². The second-order valence-corrected chi connectivity index (χ2v) is 6.15. The van der Waals surface area contributed by atoms with Crippen molar-refractivity contribution in [1.82, 2.24) is 15.8 Å². The molecule has 2 rings (SSSR count). The van der Waals surface area contributed by atoms with Gasteiger partial charge in [0.15, 0.2) is 0 Å². The summed E-state index contributed by atoms with van der Waals surface area (Å²) in [7, 11) is 0. The zero-order valence-corrected chi connectivity index (χ0v) is 15.3. The van der Waals surface area contributed by atoms with Crippen LogP contribution < -0.4 is 10.6 Å². The highest BCUT2D eigenvalue weighted by atomic mass is 16.5. The summed E-state index contributed by atoms with van der Waals surface area (Å²) in [5.74, 6) is 0.707. The Balaban J connectivity index is 2.05. The van der Waals surface area contributed by atoms with Gasteiger partial charge in [0.1, 0.15) is 5.76 Å². The van der Waals surface area contributed by atoms with Gasteiger partial charge in [-0.3, -0.25) is 0 Å². The summed E-state index contributed by atoms with van der Waals surface area (Å²) < 4.78 is 5.19. The molecule has 0 radical (unpaired) electrons. The van der Waals surface area contributed by atoms with Gasteiger partial charge in [-0.05, 0) is 37.8 Å². The van der Waals surface area contributed by atoms with Crippen LogP contribution in [0.1, 0.15) is 60.5 Å². The molecule has 1 aromatic heterocycles. The number of carbonyl (C=O) groups excluding carboxylic acids is 1. The Bertz CT molecular complexity index is 675. The zero-order valence-electron chi connectivity index (χ0n) is 15.3. The number of aliphatic hydroxyl groups is 1. The van der Waals surface area contributed by atoms with Gasteiger partial charge in [0.2, 0.25) is 0 Å². The number of urea groups is 1. The molecule has 136 valence electrons. The lowest BCUT2D eigenvalue weighted by molar-refractivity contribution is 0.213. The Hall–Kier alpha value is -2.34. The third-order valence-corrected chi connectivity index (χ3v) is 4.43. The number of nitrogens with zero attached hydrogens (tertiary/aromatic N) is 1. The molecule has 2 aromatic rings. The molecular weight excluding hydrogens is 318 g/mol. The predicted octanol–water partition coefficient (Wildman–Crippen LogP) is 3.34. The molecule has 0 aliphatic carbocycles. The van der Waals surface area contributed by atoms with E-state index in [0.717, 1.165) is 23.2 Å². The van der Waals surface area contributed by atoms with Gasteiger partial charge in [-0.2, -0.15) is 0 Å². The fourth-order valence-electron chi connectivity index (χ4n) is 2.94. The molecule has 6 nitrogen and oxygen atoms in total. The highest BCUT2D eigenvalue weighted by molar-refractivity contribution is 5.75. The summed E-state index contributed by atoms with van der Waals surface area (Å²) in [6, 6.07) is 6.93. The third-order valence-electron chi connectivity index (χ3n) is 4.43. The van der Waals surface area contributed by atoms with Crippen molar-refractivity contribution < 1.29 is 14.4 Å². The molecule has 2 amide bonds. The van der Waals surface area contributed by atoms with Gasteiger partial charge in [0, 0.05) is 5.56 Å². The van der Waals surface area contributed by atoms with Crippen molar-refractivity contribution in [2.45, 2.75) is 52.6 Å². The van der Waals surface area contributed by atoms with Crippen LogP contribution in [0, 0.1) is 13.8 Å². The molecule has 0 aliphatic rings. The maximum Gasteiger partial charge on any atom is 0.315 e. The SMILES string of the molecule is CCc1ccc(C(CO)NC(=O)NC(CC)c2c(C)noc2C)cc1. The first-order valence-electron chi connectivity index (χ1n) is 8.69. The molecule has 2 unspecified atom stereocenters. The monoisotopic (exact) mass is 345 g/mol. The topological polar surface area (TPSA) is 87.4 Å². The van der Waals surface area contributed by atoms with Crippen LogP contribution in [0.15, 0.2) is 28.8 Å². The normalized spacial score (nSPS) is 13.3. The van der Waals surface area contributed by atoms with Crippen LogP contribution in [-0.2, 0) is 6.42 Å². The summed E-state index contributed by atoms with van der Waals surface area (Å²) in [6.07, 6.45) is 1.67. The van der Waals surface area contributed by atoms with Crippen molar-refractivity contribution in [1.29, 1.82) is 0 Å². The predicted molar refractivity (Wildman–Crippen MR) is 96.3 cm³/mol. The number of carbonyl (C=O) groups is 1. The van der Waals surface area contributed by atoms with Gasteiger partial charge in [-0.25, -0.2) is 4.79 Å². The number of benzene rings is 1. The lowest BCUT2D eigenvalue weighted by Crippen LogP contribution is -2.41. The summed E-state index contributed by atoms with van der Waals surface area (Å²) in [5, 5.41) is 19.4. The Morgan fingerprint density at radius 3 is 2.28 bits per heavy atom. The number of rotatable bonds is 7. The number of hydrogen-bond acceptors (Lipinski definition) is 4. The zero-order chi connectivity index (χ0) is 18.4. The number of hydrogen-bond donors (Lipinski definition) is 3. The fourth-order valence-corrected chi connectivity index (χ4v) is 2.94. The molecule has 0 saturated carbocycles. The molecule has 0 fully saturated rings. The van der Waals surface area contributed by atoms with E-state index >= 15 is 0 Å². The average Bonchev–Trinajstić information content (AvgIpc) is 2.96. The van der Waals surface area contributed by atoms with Gasteiger partial charge >= 0.3 is 6.03 Å². The third kappa shape index (κ3) is 4.60. The second kappa shape index (κ2) is 8.67. The first-order chi connectivity index (χ1) is 12.0. The van der Waals surface area contributed by atoms with Gasteiger partial charge < -0.3 is 20.3 Å². The van der Waals surface area contributed by atoms with Crippen molar-refractivity contribution in [3.8, 4) is 0 Å². The van der Waals surface area contributed by atoms with Gasteiger partial charge in [-0.1, -0.05) is 43.3 Å². The summed E-state index contributed by atoms with van der Waals surface area (Å²) in [5.41, 5.74) is 3.78. The maximum absolute atomic E-state index is 12.4. The maximum atomic E-state index is 12.4. The number of amides is 2. The minimum atomic E-state index is -0.451. The van der Waals surface area contributed by atoms with E-state index in [-0.39, 0.29) is 18.7 Å². The molecular formula is C19H27N3O3. The molecule has 0 spiro atoms. The molecule has 2 atom stereocenters. The van der Waals surface area contributed by atoms with E-state index < -0.39 is 6.04 Å². The quantitative estimate of drug-likeness (QED) is 0.718. The minimum Gasteiger partial charge on any atom is -0.394 e. The fraction of sp³-hybridized carbons (Fsp3) is 0.474. The summed E-state index contributed by atoms with van der Waals surface area (Å²) in [4.78, 5) is 12.4. The van der Waals surface area contributed by atoms with Crippen LogP contribution in [-0.4, -0.2) is 22.9 Å².